The number of carbonyl (C=O) groups is 1. The Balaban J connectivity index is 1.88. The fraction of sp³-hybridized carbons (Fsp3) is 0.211. The van der Waals surface area contributed by atoms with Gasteiger partial charge in [-0.25, -0.2) is 4.79 Å². The molecule has 2 aromatic carbocycles. The number of carboxylic acids is 1. The molecule has 1 aliphatic carbocycles. The number of hydrogen-bond acceptors (Lipinski definition) is 2. The Kier molecular flexibility index (Phi) is 3.78. The molecule has 0 saturated heterocycles. The summed E-state index contributed by atoms with van der Waals surface area (Å²) >= 11 is 12.5. The van der Waals surface area contributed by atoms with Crippen molar-refractivity contribution >= 4 is 34.9 Å². The summed E-state index contributed by atoms with van der Waals surface area (Å²) in [5.74, 6) is -0.646. The molecule has 3 atom stereocenters. The lowest BCUT2D eigenvalue weighted by molar-refractivity contribution is 0.0695. The number of fused-ring (bicyclic) bond motifs is 3. The summed E-state index contributed by atoms with van der Waals surface area (Å²) in [6.07, 6.45) is 5.11. The van der Waals surface area contributed by atoms with E-state index in [-0.39, 0.29) is 17.9 Å². The molecule has 4 rings (SSSR count). The maximum atomic E-state index is 11.7. The Morgan fingerprint density at radius 2 is 2.04 bits per heavy atom. The van der Waals surface area contributed by atoms with Crippen molar-refractivity contribution in [3.63, 3.8) is 0 Å². The summed E-state index contributed by atoms with van der Waals surface area (Å²) in [5, 5.41) is 14.3. The minimum Gasteiger partial charge on any atom is -0.478 e. The Morgan fingerprint density at radius 3 is 2.79 bits per heavy atom. The first-order valence-electron chi connectivity index (χ1n) is 7.80. The van der Waals surface area contributed by atoms with E-state index in [0.717, 1.165) is 17.5 Å². The number of rotatable bonds is 2. The predicted octanol–water partition coefficient (Wildman–Crippen LogP) is 5.52. The molecule has 24 heavy (non-hydrogen) atoms. The maximum absolute atomic E-state index is 11.7. The van der Waals surface area contributed by atoms with Gasteiger partial charge in [0.05, 0.1) is 22.3 Å². The van der Waals surface area contributed by atoms with E-state index in [4.69, 9.17) is 23.2 Å². The lowest BCUT2D eigenvalue weighted by atomic mass is 9.75. The van der Waals surface area contributed by atoms with E-state index in [9.17, 15) is 9.90 Å². The van der Waals surface area contributed by atoms with Gasteiger partial charge in [-0.05, 0) is 47.7 Å². The van der Waals surface area contributed by atoms with Crippen molar-refractivity contribution in [2.45, 2.75) is 18.4 Å². The van der Waals surface area contributed by atoms with Crippen LogP contribution >= 0.6 is 23.2 Å². The van der Waals surface area contributed by atoms with Crippen molar-refractivity contribution in [3.05, 3.63) is 75.3 Å². The fourth-order valence-corrected chi connectivity index (χ4v) is 4.31. The third-order valence-electron chi connectivity index (χ3n) is 4.91. The number of hydrogen-bond donors (Lipinski definition) is 2. The van der Waals surface area contributed by atoms with Gasteiger partial charge in [-0.3, -0.25) is 0 Å². The Labute approximate surface area is 149 Å². The van der Waals surface area contributed by atoms with Gasteiger partial charge in [-0.15, -0.1) is 0 Å². The van der Waals surface area contributed by atoms with Crippen LogP contribution in [0.15, 0.2) is 48.6 Å². The van der Waals surface area contributed by atoms with Crippen LogP contribution in [0.2, 0.25) is 10.0 Å². The standard InChI is InChI=1S/C19H15Cl2NO2/c20-11-4-1-3-10(9-11)17-13-6-2-5-12(13)16-14(19(23)24)7-8-15(21)18(16)22-17/h1-5,7-9,12-13,17,22H,6H2,(H,23,24)/t12-,13+,17+/m1/s1. The molecule has 0 fully saturated rings. The molecule has 0 saturated carbocycles. The van der Waals surface area contributed by atoms with Crippen LogP contribution in [0.3, 0.4) is 0 Å². The Bertz CT molecular complexity index is 862. The normalized spacial score (nSPS) is 24.2. The van der Waals surface area contributed by atoms with E-state index < -0.39 is 5.97 Å². The minimum atomic E-state index is -0.926. The third kappa shape index (κ3) is 2.40. The van der Waals surface area contributed by atoms with Crippen LogP contribution in [0.1, 0.15) is 39.9 Å². The van der Waals surface area contributed by atoms with E-state index in [2.05, 4.69) is 17.5 Å². The SMILES string of the molecule is O=C(O)c1ccc(Cl)c2c1[C@@H]1C=CC[C@@H]1[C@H](c1cccc(Cl)c1)N2. The van der Waals surface area contributed by atoms with Crippen LogP contribution in [0.4, 0.5) is 5.69 Å². The molecule has 122 valence electrons. The van der Waals surface area contributed by atoms with Gasteiger partial charge < -0.3 is 10.4 Å². The molecule has 1 heterocycles. The van der Waals surface area contributed by atoms with Crippen LogP contribution in [0.5, 0.6) is 0 Å². The Morgan fingerprint density at radius 1 is 1.21 bits per heavy atom. The summed E-state index contributed by atoms with van der Waals surface area (Å²) in [7, 11) is 0. The summed E-state index contributed by atoms with van der Waals surface area (Å²) in [6.45, 7) is 0. The molecule has 0 aromatic heterocycles. The van der Waals surface area contributed by atoms with Crippen molar-refractivity contribution < 1.29 is 9.90 Å². The van der Waals surface area contributed by atoms with Gasteiger partial charge in [0.2, 0.25) is 0 Å². The summed E-state index contributed by atoms with van der Waals surface area (Å²) < 4.78 is 0. The molecular formula is C19H15Cl2NO2. The lowest BCUT2D eigenvalue weighted by Crippen LogP contribution is -2.30. The molecular weight excluding hydrogens is 345 g/mol. The average molecular weight is 360 g/mol. The lowest BCUT2D eigenvalue weighted by Gasteiger charge is -2.38. The predicted molar refractivity (Wildman–Crippen MR) is 96.2 cm³/mol. The molecule has 3 nitrogen and oxygen atoms in total. The molecule has 0 radical (unpaired) electrons. The van der Waals surface area contributed by atoms with Gasteiger partial charge in [-0.1, -0.05) is 47.5 Å². The first-order valence-corrected chi connectivity index (χ1v) is 8.56. The quantitative estimate of drug-likeness (QED) is 0.694. The first kappa shape index (κ1) is 15.6. The van der Waals surface area contributed by atoms with Crippen LogP contribution in [0.25, 0.3) is 0 Å². The molecule has 2 aromatic rings. The number of allylic oxidation sites excluding steroid dienone is 2. The number of benzene rings is 2. The topological polar surface area (TPSA) is 49.3 Å². The minimum absolute atomic E-state index is 0.0371. The highest BCUT2D eigenvalue weighted by Gasteiger charge is 2.40. The van der Waals surface area contributed by atoms with Crippen molar-refractivity contribution in [2.75, 3.05) is 5.32 Å². The number of aromatic carboxylic acids is 1. The maximum Gasteiger partial charge on any atom is 0.336 e. The van der Waals surface area contributed by atoms with Crippen molar-refractivity contribution in [1.82, 2.24) is 0 Å². The molecule has 0 spiro atoms. The zero-order valence-corrected chi connectivity index (χ0v) is 14.2. The van der Waals surface area contributed by atoms with Gasteiger partial charge in [0.25, 0.3) is 0 Å². The van der Waals surface area contributed by atoms with E-state index in [1.54, 1.807) is 12.1 Å². The monoisotopic (exact) mass is 359 g/mol. The molecule has 0 bridgehead atoms. The molecule has 1 aliphatic heterocycles. The number of halogens is 2. The highest BCUT2D eigenvalue weighted by atomic mass is 35.5. The van der Waals surface area contributed by atoms with E-state index in [0.29, 0.717) is 21.3 Å². The number of anilines is 1. The van der Waals surface area contributed by atoms with Gasteiger partial charge >= 0.3 is 5.97 Å². The average Bonchev–Trinajstić information content (AvgIpc) is 3.04. The highest BCUT2D eigenvalue weighted by molar-refractivity contribution is 6.33. The van der Waals surface area contributed by atoms with Gasteiger partial charge in [0.15, 0.2) is 0 Å². The summed E-state index contributed by atoms with van der Waals surface area (Å²) in [5.41, 5.74) is 2.90. The zero-order valence-electron chi connectivity index (χ0n) is 12.7. The largest absolute Gasteiger partial charge is 0.478 e. The zero-order chi connectivity index (χ0) is 16.8. The van der Waals surface area contributed by atoms with Gasteiger partial charge in [-0.2, -0.15) is 0 Å². The summed E-state index contributed by atoms with van der Waals surface area (Å²) in [4.78, 5) is 11.7. The van der Waals surface area contributed by atoms with E-state index in [1.165, 1.54) is 0 Å². The Hall–Kier alpha value is -1.97. The van der Waals surface area contributed by atoms with Crippen molar-refractivity contribution in [3.8, 4) is 0 Å². The van der Waals surface area contributed by atoms with Crippen molar-refractivity contribution in [2.24, 2.45) is 5.92 Å². The van der Waals surface area contributed by atoms with Crippen molar-refractivity contribution in [1.29, 1.82) is 0 Å². The molecule has 2 aliphatic rings. The van der Waals surface area contributed by atoms with Gasteiger partial charge in [0, 0.05) is 10.9 Å². The number of nitrogens with one attached hydrogen (secondary N) is 1. The third-order valence-corrected chi connectivity index (χ3v) is 5.46. The highest BCUT2D eigenvalue weighted by Crippen LogP contribution is 2.52. The molecule has 2 N–H and O–H groups in total. The van der Waals surface area contributed by atoms with E-state index >= 15 is 0 Å². The van der Waals surface area contributed by atoms with Crippen LogP contribution in [-0.4, -0.2) is 11.1 Å². The van der Waals surface area contributed by atoms with Crippen LogP contribution in [0, 0.1) is 5.92 Å². The fourth-order valence-electron chi connectivity index (χ4n) is 3.89. The molecule has 0 unspecified atom stereocenters. The number of carboxylic acid groups (broad SMARTS) is 1. The second-order valence-electron chi connectivity index (χ2n) is 6.22. The first-order chi connectivity index (χ1) is 11.6. The summed E-state index contributed by atoms with van der Waals surface area (Å²) in [6, 6.07) is 11.0. The molecule has 0 amide bonds. The van der Waals surface area contributed by atoms with E-state index in [1.807, 2.05) is 24.3 Å². The second-order valence-corrected chi connectivity index (χ2v) is 7.06. The van der Waals surface area contributed by atoms with Crippen LogP contribution < -0.4 is 5.32 Å². The molecule has 5 heteroatoms. The smallest absolute Gasteiger partial charge is 0.336 e. The van der Waals surface area contributed by atoms with Gasteiger partial charge in [0.1, 0.15) is 0 Å². The van der Waals surface area contributed by atoms with Crippen LogP contribution in [-0.2, 0) is 0 Å². The second kappa shape index (κ2) is 5.83.